The van der Waals surface area contributed by atoms with Crippen molar-refractivity contribution in [3.8, 4) is 0 Å². The summed E-state index contributed by atoms with van der Waals surface area (Å²) in [6.45, 7) is 6.52. The Morgan fingerprint density at radius 1 is 1.03 bits per heavy atom. The topological polar surface area (TPSA) is 72.2 Å². The van der Waals surface area contributed by atoms with Gasteiger partial charge >= 0.3 is 0 Å². The van der Waals surface area contributed by atoms with E-state index in [0.717, 1.165) is 36.8 Å². The molecule has 1 aromatic carbocycles. The lowest BCUT2D eigenvalue weighted by Crippen LogP contribution is -2.17. The van der Waals surface area contributed by atoms with Crippen LogP contribution in [0.15, 0.2) is 30.3 Å². The minimum atomic E-state index is -0.458. The highest BCUT2D eigenvalue weighted by molar-refractivity contribution is 7.17. The van der Waals surface area contributed by atoms with Gasteiger partial charge in [0.1, 0.15) is 5.00 Å². The van der Waals surface area contributed by atoms with Crippen molar-refractivity contribution < 1.29 is 9.59 Å². The monoisotopic (exact) mass is 410 g/mol. The number of nitrogens with one attached hydrogen (secondary N) is 1. The minimum absolute atomic E-state index is 0.0980. The average molecular weight is 411 g/mol. The highest BCUT2D eigenvalue weighted by Gasteiger charge is 2.23. The third-order valence-corrected chi connectivity index (χ3v) is 6.57. The van der Waals surface area contributed by atoms with Gasteiger partial charge in [-0.05, 0) is 53.9 Å². The lowest BCUT2D eigenvalue weighted by Gasteiger charge is -2.18. The molecule has 0 bridgehead atoms. The van der Waals surface area contributed by atoms with Crippen molar-refractivity contribution in [3.63, 3.8) is 0 Å². The molecular weight excluding hydrogens is 380 g/mol. The van der Waals surface area contributed by atoms with Gasteiger partial charge in [0.2, 0.25) is 5.91 Å². The van der Waals surface area contributed by atoms with E-state index in [1.165, 1.54) is 40.7 Å². The lowest BCUT2D eigenvalue weighted by atomic mass is 9.87. The number of anilines is 1. The molecule has 3 rings (SSSR count). The summed E-state index contributed by atoms with van der Waals surface area (Å²) in [6, 6.07) is 8.19. The van der Waals surface area contributed by atoms with E-state index in [9.17, 15) is 9.59 Å². The Morgan fingerprint density at radius 2 is 1.69 bits per heavy atom. The Hall–Kier alpha value is -2.40. The first-order valence-electron chi connectivity index (χ1n) is 10.3. The Kier molecular flexibility index (Phi) is 6.58. The van der Waals surface area contributed by atoms with Crippen LogP contribution < -0.4 is 11.1 Å². The Morgan fingerprint density at radius 3 is 2.31 bits per heavy atom. The summed E-state index contributed by atoms with van der Waals surface area (Å²) in [4.78, 5) is 25.8. The molecule has 1 aliphatic carbocycles. The predicted molar refractivity (Wildman–Crippen MR) is 122 cm³/mol. The van der Waals surface area contributed by atoms with E-state index >= 15 is 0 Å². The molecule has 0 atom stereocenters. The van der Waals surface area contributed by atoms with Crippen LogP contribution in [0, 0.1) is 0 Å². The van der Waals surface area contributed by atoms with Crippen molar-refractivity contribution in [2.24, 2.45) is 5.73 Å². The van der Waals surface area contributed by atoms with Crippen LogP contribution in [0.2, 0.25) is 0 Å². The fourth-order valence-corrected chi connectivity index (χ4v) is 4.99. The van der Waals surface area contributed by atoms with Crippen LogP contribution in [0.3, 0.4) is 0 Å². The highest BCUT2D eigenvalue weighted by atomic mass is 32.1. The number of benzene rings is 1. The fourth-order valence-electron chi connectivity index (χ4n) is 3.69. The molecule has 5 heteroatoms. The number of rotatable bonds is 4. The number of nitrogens with two attached hydrogens (primary N) is 1. The number of amides is 2. The van der Waals surface area contributed by atoms with Gasteiger partial charge in [0.25, 0.3) is 5.91 Å². The van der Waals surface area contributed by atoms with E-state index < -0.39 is 5.91 Å². The smallest absolute Gasteiger partial charge is 0.251 e. The molecular formula is C24H30N2O2S. The van der Waals surface area contributed by atoms with Crippen LogP contribution >= 0.6 is 11.3 Å². The lowest BCUT2D eigenvalue weighted by molar-refractivity contribution is -0.111. The van der Waals surface area contributed by atoms with E-state index in [1.54, 1.807) is 6.08 Å². The van der Waals surface area contributed by atoms with Crippen LogP contribution in [0.4, 0.5) is 5.00 Å². The zero-order chi connectivity index (χ0) is 21.0. The van der Waals surface area contributed by atoms with Gasteiger partial charge in [-0.3, -0.25) is 9.59 Å². The molecule has 0 saturated carbocycles. The van der Waals surface area contributed by atoms with Crippen molar-refractivity contribution in [2.45, 2.75) is 64.7 Å². The standard InChI is InChI=1S/C24H30N2O2S/c1-24(2,3)17-13-10-16(11-14-17)12-15-20(27)26-23-21(22(25)28)18-8-6-4-5-7-9-19(18)29-23/h10-15H,4-9H2,1-3H3,(H2,25,28)(H,26,27). The first-order valence-corrected chi connectivity index (χ1v) is 11.1. The van der Waals surface area contributed by atoms with Crippen LogP contribution in [0.25, 0.3) is 6.08 Å². The molecule has 1 aliphatic rings. The fraction of sp³-hybridized carbons (Fsp3) is 0.417. The quantitative estimate of drug-likeness (QED) is 0.657. The minimum Gasteiger partial charge on any atom is -0.365 e. The van der Waals surface area contributed by atoms with E-state index in [2.05, 4.69) is 38.2 Å². The Bertz CT molecular complexity index is 918. The third-order valence-electron chi connectivity index (χ3n) is 5.36. The van der Waals surface area contributed by atoms with Crippen molar-refractivity contribution >= 4 is 34.2 Å². The molecule has 0 saturated heterocycles. The number of carbonyl (C=O) groups excluding carboxylic acids is 2. The third kappa shape index (κ3) is 5.36. The van der Waals surface area contributed by atoms with Gasteiger partial charge in [-0.15, -0.1) is 11.3 Å². The first-order chi connectivity index (χ1) is 13.8. The van der Waals surface area contributed by atoms with Gasteiger partial charge in [0, 0.05) is 11.0 Å². The number of primary amides is 1. The Labute approximate surface area is 177 Å². The maximum absolute atomic E-state index is 12.5. The van der Waals surface area contributed by atoms with Crippen LogP contribution in [-0.4, -0.2) is 11.8 Å². The van der Waals surface area contributed by atoms with Gasteiger partial charge in [0.05, 0.1) is 5.56 Å². The van der Waals surface area contributed by atoms with E-state index in [0.29, 0.717) is 10.6 Å². The predicted octanol–water partition coefficient (Wildman–Crippen LogP) is 5.46. The van der Waals surface area contributed by atoms with Gasteiger partial charge in [-0.2, -0.15) is 0 Å². The molecule has 0 unspecified atom stereocenters. The normalized spacial score (nSPS) is 14.9. The second-order valence-corrected chi connectivity index (χ2v) is 9.79. The maximum atomic E-state index is 12.5. The number of hydrogen-bond donors (Lipinski definition) is 2. The molecule has 29 heavy (non-hydrogen) atoms. The molecule has 2 amide bonds. The summed E-state index contributed by atoms with van der Waals surface area (Å²) >= 11 is 1.50. The van der Waals surface area contributed by atoms with Gasteiger partial charge in [-0.1, -0.05) is 57.9 Å². The van der Waals surface area contributed by atoms with Crippen LogP contribution in [0.5, 0.6) is 0 Å². The molecule has 2 aromatic rings. The van der Waals surface area contributed by atoms with Crippen molar-refractivity contribution in [1.82, 2.24) is 0 Å². The molecule has 0 fully saturated rings. The number of hydrogen-bond acceptors (Lipinski definition) is 3. The second-order valence-electron chi connectivity index (χ2n) is 8.68. The molecule has 0 radical (unpaired) electrons. The molecule has 3 N–H and O–H groups in total. The van der Waals surface area contributed by atoms with Gasteiger partial charge in [0.15, 0.2) is 0 Å². The molecule has 0 spiro atoms. The molecule has 4 nitrogen and oxygen atoms in total. The van der Waals surface area contributed by atoms with E-state index in [4.69, 9.17) is 5.73 Å². The van der Waals surface area contributed by atoms with Gasteiger partial charge < -0.3 is 11.1 Å². The number of carbonyl (C=O) groups is 2. The summed E-state index contributed by atoms with van der Waals surface area (Å²) in [7, 11) is 0. The first kappa shape index (κ1) is 21.3. The zero-order valence-corrected chi connectivity index (χ0v) is 18.3. The van der Waals surface area contributed by atoms with Crippen LogP contribution in [0.1, 0.15) is 78.4 Å². The molecule has 154 valence electrons. The average Bonchev–Trinajstić information content (AvgIpc) is 2.96. The van der Waals surface area contributed by atoms with Crippen LogP contribution in [-0.2, 0) is 23.1 Å². The number of aryl methyl sites for hydroxylation is 1. The summed E-state index contributed by atoms with van der Waals surface area (Å²) < 4.78 is 0. The second kappa shape index (κ2) is 8.95. The van der Waals surface area contributed by atoms with Crippen molar-refractivity contribution in [2.75, 3.05) is 5.32 Å². The molecule has 1 heterocycles. The molecule has 0 aliphatic heterocycles. The van der Waals surface area contributed by atoms with E-state index in [-0.39, 0.29) is 11.3 Å². The highest BCUT2D eigenvalue weighted by Crippen LogP contribution is 2.36. The van der Waals surface area contributed by atoms with E-state index in [1.807, 2.05) is 12.1 Å². The SMILES string of the molecule is CC(C)(C)c1ccc(C=CC(=O)Nc2sc3c(c2C(N)=O)CCCCCC3)cc1. The summed E-state index contributed by atoms with van der Waals surface area (Å²) in [5, 5.41) is 3.47. The number of thiophene rings is 1. The Balaban J connectivity index is 1.75. The maximum Gasteiger partial charge on any atom is 0.251 e. The van der Waals surface area contributed by atoms with Gasteiger partial charge in [-0.25, -0.2) is 0 Å². The van der Waals surface area contributed by atoms with Crippen molar-refractivity contribution in [3.05, 3.63) is 57.5 Å². The summed E-state index contributed by atoms with van der Waals surface area (Å²) in [5.74, 6) is -0.707. The molecule has 1 aromatic heterocycles. The van der Waals surface area contributed by atoms with Crippen molar-refractivity contribution in [1.29, 1.82) is 0 Å². The number of fused-ring (bicyclic) bond motifs is 1. The largest absolute Gasteiger partial charge is 0.365 e. The summed E-state index contributed by atoms with van der Waals surface area (Å²) in [6.07, 6.45) is 9.66. The zero-order valence-electron chi connectivity index (χ0n) is 17.5. The summed E-state index contributed by atoms with van der Waals surface area (Å²) in [5.41, 5.74) is 9.51.